The van der Waals surface area contributed by atoms with Gasteiger partial charge in [0.05, 0.1) is 26.4 Å². The lowest BCUT2D eigenvalue weighted by molar-refractivity contribution is -0.161. The van der Waals surface area contributed by atoms with Crippen LogP contribution in [0.5, 0.6) is 0 Å². The van der Waals surface area contributed by atoms with E-state index in [0.717, 1.165) is 167 Å². The summed E-state index contributed by atoms with van der Waals surface area (Å²) < 4.78 is 61.2. The van der Waals surface area contributed by atoms with Crippen molar-refractivity contribution in [2.75, 3.05) is 39.6 Å². The zero-order chi connectivity index (χ0) is 79.4. The van der Waals surface area contributed by atoms with E-state index in [1.54, 1.807) is 0 Å². The van der Waals surface area contributed by atoms with Crippen LogP contribution in [0.3, 0.4) is 0 Å². The van der Waals surface area contributed by atoms with Crippen LogP contribution in [-0.4, -0.2) is 95.9 Å². The summed E-state index contributed by atoms with van der Waals surface area (Å²) in [5.74, 6) is -1.65. The molecule has 0 aromatic carbocycles. The second-order valence-electron chi connectivity index (χ2n) is 27.2. The van der Waals surface area contributed by atoms with Crippen molar-refractivity contribution >= 4 is 33.6 Å². The van der Waals surface area contributed by atoms with Crippen LogP contribution in [-0.2, 0) is 55.8 Å². The maximum atomic E-state index is 13.0. The Morgan fingerprint density at radius 3 is 0.789 bits per heavy atom. The summed E-state index contributed by atoms with van der Waals surface area (Å²) in [6, 6.07) is 0. The first-order valence-electron chi connectivity index (χ1n) is 41.7. The van der Waals surface area contributed by atoms with E-state index in [9.17, 15) is 43.5 Å². The van der Waals surface area contributed by atoms with E-state index in [2.05, 4.69) is 215 Å². The number of rotatable bonds is 77. The number of hydrogen-bond donors (Lipinski definition) is 4. The van der Waals surface area contributed by atoms with Gasteiger partial charge in [0.1, 0.15) is 25.4 Å². The minimum absolute atomic E-state index is 0.0405. The number of carbonyl (C=O) groups excluding carboxylic acids is 3. The van der Waals surface area contributed by atoms with Crippen molar-refractivity contribution in [3.05, 3.63) is 194 Å². The predicted octanol–water partition coefficient (Wildman–Crippen LogP) is 25.1. The number of esters is 3. The van der Waals surface area contributed by atoms with Gasteiger partial charge in [-0.1, -0.05) is 312 Å². The average molecular weight is 1560 g/mol. The fourth-order valence-corrected chi connectivity index (χ4v) is 12.1. The molecule has 618 valence electrons. The Morgan fingerprint density at radius 1 is 0.266 bits per heavy atom. The molecule has 0 aliphatic carbocycles. The molecule has 0 saturated carbocycles. The molecule has 0 spiro atoms. The van der Waals surface area contributed by atoms with E-state index in [1.807, 2.05) is 0 Å². The maximum Gasteiger partial charge on any atom is 0.472 e. The molecule has 5 atom stereocenters. The van der Waals surface area contributed by atoms with Crippen molar-refractivity contribution in [3.63, 3.8) is 0 Å². The zero-order valence-electron chi connectivity index (χ0n) is 67.6. The highest BCUT2D eigenvalue weighted by atomic mass is 31.2. The third-order valence-electron chi connectivity index (χ3n) is 16.8. The Labute approximate surface area is 661 Å². The van der Waals surface area contributed by atoms with Crippen LogP contribution in [0.2, 0.25) is 0 Å². The highest BCUT2D eigenvalue weighted by Crippen LogP contribution is 2.45. The highest BCUT2D eigenvalue weighted by molar-refractivity contribution is 7.47. The summed E-state index contributed by atoms with van der Waals surface area (Å²) in [5.41, 5.74) is 0. The van der Waals surface area contributed by atoms with Crippen molar-refractivity contribution in [1.82, 2.24) is 0 Å². The van der Waals surface area contributed by atoms with Crippen molar-refractivity contribution < 1.29 is 75.8 Å². The van der Waals surface area contributed by atoms with Gasteiger partial charge in [0.2, 0.25) is 0 Å². The molecule has 0 fully saturated rings. The number of aliphatic hydroxyl groups is 2. The van der Waals surface area contributed by atoms with Crippen LogP contribution < -0.4 is 0 Å². The first-order chi connectivity index (χ1) is 53.2. The Morgan fingerprint density at radius 2 is 0.486 bits per heavy atom. The van der Waals surface area contributed by atoms with Crippen LogP contribution >= 0.6 is 15.6 Å². The van der Waals surface area contributed by atoms with Gasteiger partial charge in [0, 0.05) is 19.3 Å². The molecular weight excluding hydrogens is 1410 g/mol. The number of hydrogen-bond acceptors (Lipinski definition) is 14. The van der Waals surface area contributed by atoms with Crippen LogP contribution in [0.1, 0.15) is 303 Å². The van der Waals surface area contributed by atoms with Crippen LogP contribution in [0.25, 0.3) is 0 Å². The summed E-state index contributed by atoms with van der Waals surface area (Å²) >= 11 is 0. The summed E-state index contributed by atoms with van der Waals surface area (Å²) in [6.45, 7) is 2.35. The minimum atomic E-state index is -4.96. The topological polar surface area (TPSA) is 231 Å². The molecule has 0 rings (SSSR count). The maximum absolute atomic E-state index is 13.0. The van der Waals surface area contributed by atoms with Crippen molar-refractivity contribution in [2.45, 2.75) is 322 Å². The molecule has 18 heteroatoms. The average Bonchev–Trinajstić information content (AvgIpc) is 0.902. The number of phosphoric acid groups is 2. The van der Waals surface area contributed by atoms with E-state index in [0.29, 0.717) is 25.7 Å². The van der Waals surface area contributed by atoms with Crippen molar-refractivity contribution in [2.24, 2.45) is 0 Å². The van der Waals surface area contributed by atoms with E-state index >= 15 is 0 Å². The second-order valence-corrected chi connectivity index (χ2v) is 30.1. The third-order valence-corrected chi connectivity index (χ3v) is 18.7. The first kappa shape index (κ1) is 103. The smallest absolute Gasteiger partial charge is 0.463 e. The van der Waals surface area contributed by atoms with Gasteiger partial charge in [0.25, 0.3) is 0 Å². The molecular formula is C91H148O16P2. The van der Waals surface area contributed by atoms with Crippen LogP contribution in [0.4, 0.5) is 0 Å². The van der Waals surface area contributed by atoms with E-state index in [-0.39, 0.29) is 19.3 Å². The lowest BCUT2D eigenvalue weighted by Crippen LogP contribution is -2.30. The molecule has 0 radical (unpaired) electrons. The quantitative estimate of drug-likeness (QED) is 0.0146. The number of aliphatic hydroxyl groups excluding tert-OH is 2. The Kier molecular flexibility index (Phi) is 77.7. The number of carbonyl (C=O) groups is 3. The first-order valence-corrected chi connectivity index (χ1v) is 44.7. The number of allylic oxidation sites excluding steroid dienone is 32. The van der Waals surface area contributed by atoms with E-state index in [1.165, 1.54) is 70.6 Å². The summed E-state index contributed by atoms with van der Waals surface area (Å²) in [7, 11) is -9.83. The van der Waals surface area contributed by atoms with E-state index < -0.39 is 91.5 Å². The van der Waals surface area contributed by atoms with E-state index in [4.69, 9.17) is 32.3 Å². The van der Waals surface area contributed by atoms with Gasteiger partial charge >= 0.3 is 33.6 Å². The molecule has 0 bridgehead atoms. The van der Waals surface area contributed by atoms with Gasteiger partial charge in [-0.25, -0.2) is 9.13 Å². The molecule has 4 N–H and O–H groups in total. The minimum Gasteiger partial charge on any atom is -0.463 e. The fraction of sp³-hybridized carbons (Fsp3) is 0.615. The fourth-order valence-electron chi connectivity index (χ4n) is 10.5. The van der Waals surface area contributed by atoms with Gasteiger partial charge in [0.15, 0.2) is 6.10 Å². The van der Waals surface area contributed by atoms with Crippen LogP contribution in [0, 0.1) is 0 Å². The lowest BCUT2D eigenvalue weighted by atomic mass is 10.1. The molecule has 0 aliphatic rings. The van der Waals surface area contributed by atoms with Crippen molar-refractivity contribution in [1.29, 1.82) is 0 Å². The second kappa shape index (κ2) is 81.9. The lowest BCUT2D eigenvalue weighted by Gasteiger charge is -2.21. The highest BCUT2D eigenvalue weighted by Gasteiger charge is 2.29. The summed E-state index contributed by atoms with van der Waals surface area (Å²) in [5, 5.41) is 20.7. The molecule has 109 heavy (non-hydrogen) atoms. The largest absolute Gasteiger partial charge is 0.472 e. The van der Waals surface area contributed by atoms with Gasteiger partial charge in [-0.15, -0.1) is 0 Å². The predicted molar refractivity (Wildman–Crippen MR) is 454 cm³/mol. The van der Waals surface area contributed by atoms with Gasteiger partial charge in [-0.05, 0) is 167 Å². The molecule has 0 heterocycles. The van der Waals surface area contributed by atoms with Crippen molar-refractivity contribution in [3.8, 4) is 0 Å². The standard InChI is InChI=1S/C91H148O16P2/c1-4-7-10-13-16-19-22-25-28-31-34-37-39-41-42-44-46-48-50-53-56-59-62-65-68-71-74-77-89(94)101-80-86(92)81-103-108(97,98)104-82-87(93)83-105-109(99,100)106-85-88(107-91(96)79-76-73-70-67-64-61-58-55-52-47-36-33-30-27-24-21-18-15-12-9-6-3)84-102-90(95)78-75-72-69-66-63-60-57-54-51-49-45-43-40-38-35-32-29-26-23-20-17-14-11-8-5-2/h7,9-10,12,16-21,25-30,34-38,41-43,45-48,55,58,64,67,86-88,92-93H,4-6,8,11,13-15,22-24,31-33,39-40,44,49-54,56-57,59-63,65-66,68-85H2,1-3H3,(H,97,98)(H,99,100)/b10-7-,12-9-,19-16-,20-17-,21-18-,28-25-,29-26-,30-27-,37-34-,38-35-,42-41-,45-43-,47-36-,48-46-,58-55-,67-64-. The van der Waals surface area contributed by atoms with Gasteiger partial charge in [-0.2, -0.15) is 0 Å². The molecule has 0 aromatic heterocycles. The monoisotopic (exact) mass is 1560 g/mol. The summed E-state index contributed by atoms with van der Waals surface area (Å²) in [6.07, 6.45) is 107. The normalized spacial score (nSPS) is 14.9. The molecule has 0 amide bonds. The Balaban J connectivity index is 4.73. The summed E-state index contributed by atoms with van der Waals surface area (Å²) in [4.78, 5) is 58.8. The zero-order valence-corrected chi connectivity index (χ0v) is 69.4. The van der Waals surface area contributed by atoms with Gasteiger partial charge in [-0.3, -0.25) is 32.5 Å². The number of ether oxygens (including phenoxy) is 3. The Hall–Kier alpha value is -5.61. The number of phosphoric ester groups is 2. The molecule has 0 aromatic rings. The Bertz CT molecular complexity index is 2760. The van der Waals surface area contributed by atoms with Crippen LogP contribution in [0.15, 0.2) is 194 Å². The molecule has 0 aliphatic heterocycles. The molecule has 5 unspecified atom stereocenters. The molecule has 0 saturated heterocycles. The number of unbranched alkanes of at least 4 members (excludes halogenated alkanes) is 22. The van der Waals surface area contributed by atoms with Gasteiger partial charge < -0.3 is 34.2 Å². The third kappa shape index (κ3) is 83.2. The SMILES string of the molecule is CC/C=C\C/C=C\C/C=C\C/C=C\C/C=C\C/C=C\CCCCCCCCCCC(=O)OCC(O)COP(=O)(O)OCC(O)COP(=O)(O)OCC(COC(=O)CCCCCCCCCCC/C=C\C/C=C\C/C=C\C/C=C\CCCCC)OC(=O)CCCC/C=C\C/C=C\C/C=C\C/C=C\C/C=C\C/C=C\CC. The molecule has 16 nitrogen and oxygen atoms in total.